The van der Waals surface area contributed by atoms with E-state index < -0.39 is 6.10 Å². The van der Waals surface area contributed by atoms with E-state index >= 15 is 0 Å². The summed E-state index contributed by atoms with van der Waals surface area (Å²) < 4.78 is 0. The summed E-state index contributed by atoms with van der Waals surface area (Å²) in [6, 6.07) is 3.63. The van der Waals surface area contributed by atoms with Crippen molar-refractivity contribution in [2.45, 2.75) is 24.4 Å². The molecule has 0 amide bonds. The number of fused-ring (bicyclic) bond motifs is 2. The van der Waals surface area contributed by atoms with Crippen molar-refractivity contribution in [3.63, 3.8) is 0 Å². The van der Waals surface area contributed by atoms with Crippen LogP contribution in [0.1, 0.15) is 30.1 Å². The first kappa shape index (κ1) is 10.8. The first-order chi connectivity index (χ1) is 7.62. The second-order valence-corrected chi connectivity index (χ2v) is 5.62. The first-order valence-corrected chi connectivity index (χ1v) is 6.26. The number of aliphatic hydroxyl groups is 1. The van der Waals surface area contributed by atoms with Crippen LogP contribution in [-0.4, -0.2) is 18.2 Å². The Morgan fingerprint density at radius 3 is 2.88 bits per heavy atom. The van der Waals surface area contributed by atoms with E-state index in [1.54, 1.807) is 6.07 Å². The molecule has 1 aromatic carbocycles. The van der Waals surface area contributed by atoms with Crippen molar-refractivity contribution in [2.24, 2.45) is 0 Å². The number of aliphatic hydroxyl groups excluding tert-OH is 1. The zero-order valence-corrected chi connectivity index (χ0v) is 10.3. The van der Waals surface area contributed by atoms with Gasteiger partial charge in [0, 0.05) is 22.0 Å². The van der Waals surface area contributed by atoms with Crippen molar-refractivity contribution in [3.05, 3.63) is 33.3 Å². The van der Waals surface area contributed by atoms with Gasteiger partial charge in [0.15, 0.2) is 0 Å². The molecule has 86 valence electrons. The minimum atomic E-state index is -0.425. The molecule has 2 N–H and O–H groups in total. The summed E-state index contributed by atoms with van der Waals surface area (Å²) in [5.41, 5.74) is 2.05. The molecular weight excluding hydrogens is 245 g/mol. The van der Waals surface area contributed by atoms with Gasteiger partial charge in [0.2, 0.25) is 0 Å². The van der Waals surface area contributed by atoms with Crippen LogP contribution in [0.2, 0.25) is 10.0 Å². The zero-order valence-electron chi connectivity index (χ0n) is 8.76. The number of halogens is 2. The van der Waals surface area contributed by atoms with Crippen LogP contribution in [-0.2, 0) is 5.41 Å². The molecule has 2 aliphatic rings. The minimum absolute atomic E-state index is 0.0242. The number of benzene rings is 1. The Bertz CT molecular complexity index is 441. The molecule has 1 saturated heterocycles. The minimum Gasteiger partial charge on any atom is -0.388 e. The van der Waals surface area contributed by atoms with E-state index in [0.29, 0.717) is 10.0 Å². The van der Waals surface area contributed by atoms with Crippen LogP contribution >= 0.6 is 23.2 Å². The fourth-order valence-corrected chi connectivity index (χ4v) is 3.84. The maximum Gasteiger partial charge on any atom is 0.0803 e. The lowest BCUT2D eigenvalue weighted by Gasteiger charge is -2.24. The van der Waals surface area contributed by atoms with Crippen LogP contribution < -0.4 is 5.32 Å². The third-order valence-electron chi connectivity index (χ3n) is 3.80. The van der Waals surface area contributed by atoms with Gasteiger partial charge in [-0.25, -0.2) is 0 Å². The average Bonchev–Trinajstić information content (AvgIpc) is 2.74. The number of hydrogen-bond donors (Lipinski definition) is 2. The summed E-state index contributed by atoms with van der Waals surface area (Å²) in [4.78, 5) is 0. The van der Waals surface area contributed by atoms with E-state index in [-0.39, 0.29) is 5.41 Å². The predicted octanol–water partition coefficient (Wildman–Crippen LogP) is 2.66. The molecule has 0 saturated carbocycles. The quantitative estimate of drug-likeness (QED) is 0.749. The van der Waals surface area contributed by atoms with Crippen molar-refractivity contribution in [1.82, 2.24) is 5.32 Å². The van der Waals surface area contributed by atoms with E-state index in [4.69, 9.17) is 23.2 Å². The normalized spacial score (nSPS) is 32.3. The lowest BCUT2D eigenvalue weighted by atomic mass is 9.81. The monoisotopic (exact) mass is 257 g/mol. The summed E-state index contributed by atoms with van der Waals surface area (Å²) >= 11 is 12.3. The molecule has 2 unspecified atom stereocenters. The van der Waals surface area contributed by atoms with E-state index in [2.05, 4.69) is 5.32 Å². The van der Waals surface area contributed by atoms with Gasteiger partial charge in [-0.05, 0) is 42.6 Å². The highest BCUT2D eigenvalue weighted by atomic mass is 35.5. The molecule has 0 aromatic heterocycles. The SMILES string of the molecule is OC1CC2(CCNC2)c2c(Cl)cc(Cl)cc21. The Labute approximate surface area is 105 Å². The summed E-state index contributed by atoms with van der Waals surface area (Å²) in [6.45, 7) is 1.89. The average molecular weight is 258 g/mol. The van der Waals surface area contributed by atoms with Gasteiger partial charge < -0.3 is 10.4 Å². The molecule has 1 aromatic rings. The second-order valence-electron chi connectivity index (χ2n) is 4.78. The van der Waals surface area contributed by atoms with Crippen LogP contribution in [0.5, 0.6) is 0 Å². The zero-order chi connectivity index (χ0) is 11.3. The molecular formula is C12H13Cl2NO. The summed E-state index contributed by atoms with van der Waals surface area (Å²) in [5.74, 6) is 0. The second kappa shape index (κ2) is 3.61. The van der Waals surface area contributed by atoms with Gasteiger partial charge in [-0.15, -0.1) is 0 Å². The van der Waals surface area contributed by atoms with Gasteiger partial charge in [-0.3, -0.25) is 0 Å². The number of hydrogen-bond acceptors (Lipinski definition) is 2. The lowest BCUT2D eigenvalue weighted by Crippen LogP contribution is -2.26. The van der Waals surface area contributed by atoms with E-state index in [1.807, 2.05) is 6.07 Å². The third kappa shape index (κ3) is 1.41. The van der Waals surface area contributed by atoms with Gasteiger partial charge in [0.05, 0.1) is 6.10 Å². The van der Waals surface area contributed by atoms with Crippen LogP contribution in [0, 0.1) is 0 Å². The summed E-state index contributed by atoms with van der Waals surface area (Å²) in [6.07, 6.45) is 1.37. The molecule has 2 nitrogen and oxygen atoms in total. The molecule has 4 heteroatoms. The summed E-state index contributed by atoms with van der Waals surface area (Å²) in [5, 5.41) is 14.8. The number of rotatable bonds is 0. The van der Waals surface area contributed by atoms with Gasteiger partial charge >= 0.3 is 0 Å². The Hall–Kier alpha value is -0.280. The Balaban J connectivity index is 2.20. The molecule has 0 bridgehead atoms. The Kier molecular flexibility index (Phi) is 2.44. The van der Waals surface area contributed by atoms with Gasteiger partial charge in [0.25, 0.3) is 0 Å². The van der Waals surface area contributed by atoms with E-state index in [0.717, 1.165) is 37.1 Å². The van der Waals surface area contributed by atoms with Crippen LogP contribution in [0.4, 0.5) is 0 Å². The molecule has 1 heterocycles. The lowest BCUT2D eigenvalue weighted by molar-refractivity contribution is 0.158. The van der Waals surface area contributed by atoms with Crippen LogP contribution in [0.3, 0.4) is 0 Å². The topological polar surface area (TPSA) is 32.3 Å². The molecule has 1 aliphatic heterocycles. The molecule has 3 rings (SSSR count). The Morgan fingerprint density at radius 2 is 2.19 bits per heavy atom. The maximum absolute atomic E-state index is 10.1. The molecule has 1 aliphatic carbocycles. The van der Waals surface area contributed by atoms with Gasteiger partial charge in [0.1, 0.15) is 0 Å². The van der Waals surface area contributed by atoms with Crippen molar-refractivity contribution in [1.29, 1.82) is 0 Å². The van der Waals surface area contributed by atoms with E-state index in [1.165, 1.54) is 0 Å². The molecule has 2 atom stereocenters. The van der Waals surface area contributed by atoms with Crippen LogP contribution in [0.25, 0.3) is 0 Å². The van der Waals surface area contributed by atoms with E-state index in [9.17, 15) is 5.11 Å². The smallest absolute Gasteiger partial charge is 0.0803 e. The summed E-state index contributed by atoms with van der Waals surface area (Å²) in [7, 11) is 0. The predicted molar refractivity (Wildman–Crippen MR) is 65.2 cm³/mol. The standard InChI is InChI=1S/C12H13Cl2NO/c13-7-3-8-10(16)5-12(1-2-15-6-12)11(8)9(14)4-7/h3-4,10,15-16H,1-2,5-6H2. The maximum atomic E-state index is 10.1. The molecule has 0 radical (unpaired) electrons. The van der Waals surface area contributed by atoms with Gasteiger partial charge in [-0.2, -0.15) is 0 Å². The molecule has 16 heavy (non-hydrogen) atoms. The fourth-order valence-electron chi connectivity index (χ4n) is 3.13. The van der Waals surface area contributed by atoms with Crippen molar-refractivity contribution < 1.29 is 5.11 Å². The largest absolute Gasteiger partial charge is 0.388 e. The van der Waals surface area contributed by atoms with Gasteiger partial charge in [-0.1, -0.05) is 23.2 Å². The third-order valence-corrected chi connectivity index (χ3v) is 4.32. The van der Waals surface area contributed by atoms with Crippen molar-refractivity contribution in [2.75, 3.05) is 13.1 Å². The molecule has 1 spiro atoms. The number of nitrogens with one attached hydrogen (secondary N) is 1. The highest BCUT2D eigenvalue weighted by Gasteiger charge is 2.46. The Morgan fingerprint density at radius 1 is 1.38 bits per heavy atom. The highest BCUT2D eigenvalue weighted by molar-refractivity contribution is 6.35. The van der Waals surface area contributed by atoms with Crippen molar-refractivity contribution >= 4 is 23.2 Å². The molecule has 1 fully saturated rings. The first-order valence-electron chi connectivity index (χ1n) is 5.51. The highest BCUT2D eigenvalue weighted by Crippen LogP contribution is 2.51. The van der Waals surface area contributed by atoms with Crippen LogP contribution in [0.15, 0.2) is 12.1 Å². The fraction of sp³-hybridized carbons (Fsp3) is 0.500. The van der Waals surface area contributed by atoms with Crippen molar-refractivity contribution in [3.8, 4) is 0 Å².